The highest BCUT2D eigenvalue weighted by Crippen LogP contribution is 2.10. The third-order valence-electron chi connectivity index (χ3n) is 2.64. The van der Waals surface area contributed by atoms with E-state index in [4.69, 9.17) is 5.73 Å². The number of rotatable bonds is 3. The predicted molar refractivity (Wildman–Crippen MR) is 57.0 cm³/mol. The van der Waals surface area contributed by atoms with Crippen LogP contribution in [0.2, 0.25) is 0 Å². The average molecular weight is 199 g/mol. The van der Waals surface area contributed by atoms with E-state index in [1.54, 1.807) is 0 Å². The van der Waals surface area contributed by atoms with Crippen LogP contribution in [0.5, 0.6) is 0 Å². The smallest absolute Gasteiger partial charge is 0.239 e. The summed E-state index contributed by atoms with van der Waals surface area (Å²) in [5.74, 6) is 0.129. The molecule has 1 amide bonds. The third kappa shape index (κ3) is 3.27. The SMILES string of the molecule is CN(C)CCN1CCCCC(N)C1=O. The first-order valence-corrected chi connectivity index (χ1v) is 5.30. The normalized spacial score (nSPS) is 24.1. The molecule has 1 rings (SSSR count). The lowest BCUT2D eigenvalue weighted by atomic mass is 10.1. The molecule has 1 heterocycles. The maximum atomic E-state index is 11.7. The number of likely N-dealkylation sites (N-methyl/N-ethyl adjacent to an activating group) is 1. The summed E-state index contributed by atoms with van der Waals surface area (Å²) in [5.41, 5.74) is 5.77. The second kappa shape index (κ2) is 5.32. The van der Waals surface area contributed by atoms with Crippen molar-refractivity contribution in [1.29, 1.82) is 0 Å². The molecule has 4 nitrogen and oxygen atoms in total. The van der Waals surface area contributed by atoms with Crippen LogP contribution in [-0.2, 0) is 4.79 Å². The van der Waals surface area contributed by atoms with Crippen molar-refractivity contribution in [3.8, 4) is 0 Å². The molecule has 0 spiro atoms. The second-order valence-corrected chi connectivity index (χ2v) is 4.23. The van der Waals surface area contributed by atoms with Crippen LogP contribution in [0.25, 0.3) is 0 Å². The maximum Gasteiger partial charge on any atom is 0.239 e. The number of hydrogen-bond donors (Lipinski definition) is 1. The van der Waals surface area contributed by atoms with Gasteiger partial charge < -0.3 is 15.5 Å². The van der Waals surface area contributed by atoms with E-state index in [-0.39, 0.29) is 11.9 Å². The zero-order valence-electron chi connectivity index (χ0n) is 9.20. The van der Waals surface area contributed by atoms with Gasteiger partial charge in [0.05, 0.1) is 6.04 Å². The highest BCUT2D eigenvalue weighted by atomic mass is 16.2. The molecule has 1 fully saturated rings. The molecule has 4 heteroatoms. The van der Waals surface area contributed by atoms with Crippen LogP contribution in [0.1, 0.15) is 19.3 Å². The van der Waals surface area contributed by atoms with E-state index in [1.807, 2.05) is 19.0 Å². The summed E-state index contributed by atoms with van der Waals surface area (Å²) in [4.78, 5) is 15.7. The fourth-order valence-electron chi connectivity index (χ4n) is 1.68. The summed E-state index contributed by atoms with van der Waals surface area (Å²) in [5, 5.41) is 0. The van der Waals surface area contributed by atoms with Gasteiger partial charge in [-0.1, -0.05) is 0 Å². The van der Waals surface area contributed by atoms with Crippen LogP contribution >= 0.6 is 0 Å². The van der Waals surface area contributed by atoms with Crippen molar-refractivity contribution in [3.05, 3.63) is 0 Å². The molecule has 1 saturated heterocycles. The van der Waals surface area contributed by atoms with E-state index in [0.29, 0.717) is 0 Å². The van der Waals surface area contributed by atoms with Crippen molar-refractivity contribution < 1.29 is 4.79 Å². The summed E-state index contributed by atoms with van der Waals surface area (Å²) < 4.78 is 0. The molecular formula is C10H21N3O. The minimum Gasteiger partial charge on any atom is -0.340 e. The molecule has 1 aliphatic heterocycles. The van der Waals surface area contributed by atoms with Crippen LogP contribution in [-0.4, -0.2) is 55.5 Å². The highest BCUT2D eigenvalue weighted by Gasteiger charge is 2.23. The summed E-state index contributed by atoms with van der Waals surface area (Å²) in [7, 11) is 4.03. The number of hydrogen-bond acceptors (Lipinski definition) is 3. The molecule has 0 aromatic rings. The van der Waals surface area contributed by atoms with Crippen LogP contribution in [0.3, 0.4) is 0 Å². The monoisotopic (exact) mass is 199 g/mol. The molecule has 0 aliphatic carbocycles. The molecular weight excluding hydrogens is 178 g/mol. The van der Waals surface area contributed by atoms with E-state index in [2.05, 4.69) is 4.90 Å². The zero-order valence-corrected chi connectivity index (χ0v) is 9.20. The Hall–Kier alpha value is -0.610. The van der Waals surface area contributed by atoms with Crippen molar-refractivity contribution >= 4 is 5.91 Å². The fraction of sp³-hybridized carbons (Fsp3) is 0.900. The van der Waals surface area contributed by atoms with E-state index in [0.717, 1.165) is 38.9 Å². The Labute approximate surface area is 86.0 Å². The van der Waals surface area contributed by atoms with E-state index >= 15 is 0 Å². The molecule has 1 atom stereocenters. The summed E-state index contributed by atoms with van der Waals surface area (Å²) >= 11 is 0. The Bertz CT molecular complexity index is 194. The fourth-order valence-corrected chi connectivity index (χ4v) is 1.68. The first-order chi connectivity index (χ1) is 6.61. The standard InChI is InChI=1S/C10H21N3O/c1-12(2)7-8-13-6-4-3-5-9(11)10(13)14/h9H,3-8,11H2,1-2H3. The number of nitrogens with zero attached hydrogens (tertiary/aromatic N) is 2. The first-order valence-electron chi connectivity index (χ1n) is 5.30. The summed E-state index contributed by atoms with van der Waals surface area (Å²) in [6, 6.07) is -0.264. The Balaban J connectivity index is 2.44. The van der Waals surface area contributed by atoms with Crippen molar-refractivity contribution in [3.63, 3.8) is 0 Å². The van der Waals surface area contributed by atoms with Crippen molar-refractivity contribution in [2.24, 2.45) is 5.73 Å². The van der Waals surface area contributed by atoms with Gasteiger partial charge in [-0.2, -0.15) is 0 Å². The molecule has 0 aromatic heterocycles. The largest absolute Gasteiger partial charge is 0.340 e. The Morgan fingerprint density at radius 1 is 1.50 bits per heavy atom. The van der Waals surface area contributed by atoms with Crippen molar-refractivity contribution in [2.75, 3.05) is 33.7 Å². The Morgan fingerprint density at radius 2 is 2.21 bits per heavy atom. The Morgan fingerprint density at radius 3 is 2.86 bits per heavy atom. The van der Waals surface area contributed by atoms with E-state index in [9.17, 15) is 4.79 Å². The average Bonchev–Trinajstić information content (AvgIpc) is 2.28. The quantitative estimate of drug-likeness (QED) is 0.690. The van der Waals surface area contributed by atoms with Gasteiger partial charge in [-0.25, -0.2) is 0 Å². The highest BCUT2D eigenvalue weighted by molar-refractivity contribution is 5.81. The van der Waals surface area contributed by atoms with Gasteiger partial charge in [0.2, 0.25) is 5.91 Å². The van der Waals surface area contributed by atoms with Crippen LogP contribution in [0.4, 0.5) is 0 Å². The molecule has 1 aliphatic rings. The van der Waals surface area contributed by atoms with Crippen molar-refractivity contribution in [2.45, 2.75) is 25.3 Å². The summed E-state index contributed by atoms with van der Waals surface area (Å²) in [6.07, 6.45) is 3.01. The predicted octanol–water partition coefficient (Wildman–Crippen LogP) is -0.112. The van der Waals surface area contributed by atoms with Gasteiger partial charge in [0.25, 0.3) is 0 Å². The number of likely N-dealkylation sites (tertiary alicyclic amines) is 1. The second-order valence-electron chi connectivity index (χ2n) is 4.23. The summed E-state index contributed by atoms with van der Waals surface area (Å²) in [6.45, 7) is 2.60. The van der Waals surface area contributed by atoms with Gasteiger partial charge in [0, 0.05) is 19.6 Å². The maximum absolute atomic E-state index is 11.7. The van der Waals surface area contributed by atoms with E-state index in [1.165, 1.54) is 0 Å². The number of carbonyl (C=O) groups excluding carboxylic acids is 1. The third-order valence-corrected chi connectivity index (χ3v) is 2.64. The van der Waals surface area contributed by atoms with E-state index < -0.39 is 0 Å². The zero-order chi connectivity index (χ0) is 10.6. The lowest BCUT2D eigenvalue weighted by Gasteiger charge is -2.24. The number of carbonyl (C=O) groups is 1. The molecule has 0 saturated carbocycles. The molecule has 1 unspecified atom stereocenters. The Kier molecular flexibility index (Phi) is 4.35. The molecule has 82 valence electrons. The van der Waals surface area contributed by atoms with Gasteiger partial charge >= 0.3 is 0 Å². The van der Waals surface area contributed by atoms with Gasteiger partial charge in [-0.15, -0.1) is 0 Å². The molecule has 0 bridgehead atoms. The molecule has 0 radical (unpaired) electrons. The van der Waals surface area contributed by atoms with Crippen LogP contribution < -0.4 is 5.73 Å². The topological polar surface area (TPSA) is 49.6 Å². The van der Waals surface area contributed by atoms with Gasteiger partial charge in [-0.3, -0.25) is 4.79 Å². The molecule has 2 N–H and O–H groups in total. The molecule has 0 aromatic carbocycles. The van der Waals surface area contributed by atoms with Gasteiger partial charge in [-0.05, 0) is 33.4 Å². The first kappa shape index (κ1) is 11.5. The number of nitrogens with two attached hydrogens (primary N) is 1. The lowest BCUT2D eigenvalue weighted by molar-refractivity contribution is -0.132. The van der Waals surface area contributed by atoms with Crippen LogP contribution in [0, 0.1) is 0 Å². The minimum absolute atomic E-state index is 0.129. The number of amides is 1. The lowest BCUT2D eigenvalue weighted by Crippen LogP contribution is -2.44. The van der Waals surface area contributed by atoms with Gasteiger partial charge in [0.15, 0.2) is 0 Å². The molecule has 14 heavy (non-hydrogen) atoms. The van der Waals surface area contributed by atoms with Crippen LogP contribution in [0.15, 0.2) is 0 Å². The minimum atomic E-state index is -0.264. The van der Waals surface area contributed by atoms with Crippen molar-refractivity contribution in [1.82, 2.24) is 9.80 Å². The van der Waals surface area contributed by atoms with Gasteiger partial charge in [0.1, 0.15) is 0 Å².